The van der Waals surface area contributed by atoms with Crippen LogP contribution in [-0.2, 0) is 0 Å². The highest BCUT2D eigenvalue weighted by atomic mass is 15.3. The van der Waals surface area contributed by atoms with E-state index < -0.39 is 0 Å². The highest BCUT2D eigenvalue weighted by molar-refractivity contribution is 5.59. The first-order chi connectivity index (χ1) is 7.20. The summed E-state index contributed by atoms with van der Waals surface area (Å²) in [5.74, 6) is 2.50. The Labute approximate surface area is 90.3 Å². The zero-order valence-electron chi connectivity index (χ0n) is 9.45. The summed E-state index contributed by atoms with van der Waals surface area (Å²) in [5.41, 5.74) is 5.87. The first kappa shape index (κ1) is 10.3. The largest absolute Gasteiger partial charge is 0.382 e. The third-order valence-electron chi connectivity index (χ3n) is 2.95. The van der Waals surface area contributed by atoms with Crippen molar-refractivity contribution in [2.45, 2.75) is 13.8 Å². The van der Waals surface area contributed by atoms with Crippen molar-refractivity contribution in [3.63, 3.8) is 0 Å². The third-order valence-corrected chi connectivity index (χ3v) is 2.95. The van der Waals surface area contributed by atoms with Crippen molar-refractivity contribution in [2.24, 2.45) is 0 Å². The molecule has 0 unspecified atom stereocenters. The van der Waals surface area contributed by atoms with Crippen LogP contribution in [0.4, 0.5) is 11.6 Å². The molecule has 0 aliphatic carbocycles. The van der Waals surface area contributed by atoms with Gasteiger partial charge in [-0.2, -0.15) is 0 Å². The molecule has 1 saturated heterocycles. The van der Waals surface area contributed by atoms with Gasteiger partial charge in [0.15, 0.2) is 5.82 Å². The Balaban J connectivity index is 2.04. The maximum atomic E-state index is 5.87. The highest BCUT2D eigenvalue weighted by Crippen LogP contribution is 2.20. The molecular formula is C10H19N5. The van der Waals surface area contributed by atoms with Gasteiger partial charge in [-0.3, -0.25) is 0 Å². The van der Waals surface area contributed by atoms with Crippen LogP contribution in [0.1, 0.15) is 12.7 Å². The van der Waals surface area contributed by atoms with Crippen molar-refractivity contribution >= 4 is 11.6 Å². The van der Waals surface area contributed by atoms with Crippen LogP contribution in [0.2, 0.25) is 0 Å². The molecular weight excluding hydrogens is 190 g/mol. The second-order valence-corrected chi connectivity index (χ2v) is 3.98. The number of nitrogen functional groups attached to an aromatic ring is 1. The lowest BCUT2D eigenvalue weighted by atomic mass is 10.3. The number of aromatic nitrogens is 2. The average molecular weight is 209 g/mol. The maximum absolute atomic E-state index is 5.87. The summed E-state index contributed by atoms with van der Waals surface area (Å²) >= 11 is 0. The van der Waals surface area contributed by atoms with Crippen LogP contribution < -0.4 is 10.6 Å². The van der Waals surface area contributed by atoms with E-state index in [1.807, 2.05) is 6.92 Å². The SMILES string of the molecule is CCN1CCN(c2nc(C)[nH]c2N)CC1. The standard InChI is InChI=1S/C10H19N5/c1-3-14-4-6-15(7-5-14)10-9(11)12-8(2)13-10/h3-7,11H2,1-2H3,(H,12,13). The number of nitrogens with zero attached hydrogens (tertiary/aromatic N) is 3. The highest BCUT2D eigenvalue weighted by Gasteiger charge is 2.19. The Morgan fingerprint density at radius 2 is 2.00 bits per heavy atom. The van der Waals surface area contributed by atoms with E-state index >= 15 is 0 Å². The average Bonchev–Trinajstić information content (AvgIpc) is 2.58. The van der Waals surface area contributed by atoms with E-state index in [1.54, 1.807) is 0 Å². The number of rotatable bonds is 2. The number of nitrogens with one attached hydrogen (secondary N) is 1. The predicted octanol–water partition coefficient (Wildman–Crippen LogP) is 0.442. The Hall–Kier alpha value is -1.23. The summed E-state index contributed by atoms with van der Waals surface area (Å²) in [7, 11) is 0. The Morgan fingerprint density at radius 3 is 2.47 bits per heavy atom. The summed E-state index contributed by atoms with van der Waals surface area (Å²) in [6.07, 6.45) is 0. The normalized spacial score (nSPS) is 18.4. The molecule has 1 aliphatic heterocycles. The summed E-state index contributed by atoms with van der Waals surface area (Å²) in [4.78, 5) is 12.1. The van der Waals surface area contributed by atoms with Gasteiger partial charge in [0.2, 0.25) is 0 Å². The summed E-state index contributed by atoms with van der Waals surface area (Å²) < 4.78 is 0. The first-order valence-electron chi connectivity index (χ1n) is 5.50. The monoisotopic (exact) mass is 209 g/mol. The van der Waals surface area contributed by atoms with E-state index in [1.165, 1.54) is 0 Å². The van der Waals surface area contributed by atoms with E-state index in [0.29, 0.717) is 5.82 Å². The molecule has 0 bridgehead atoms. The minimum Gasteiger partial charge on any atom is -0.382 e. The predicted molar refractivity (Wildman–Crippen MR) is 62.1 cm³/mol. The maximum Gasteiger partial charge on any atom is 0.171 e. The zero-order chi connectivity index (χ0) is 10.8. The molecule has 1 fully saturated rings. The van der Waals surface area contributed by atoms with Crippen molar-refractivity contribution in [2.75, 3.05) is 43.4 Å². The van der Waals surface area contributed by atoms with Crippen LogP contribution >= 0.6 is 0 Å². The van der Waals surface area contributed by atoms with Crippen molar-refractivity contribution in [3.8, 4) is 0 Å². The van der Waals surface area contributed by atoms with Gasteiger partial charge in [0.25, 0.3) is 0 Å². The number of imidazole rings is 1. The second kappa shape index (κ2) is 4.10. The third kappa shape index (κ3) is 2.07. The smallest absolute Gasteiger partial charge is 0.171 e. The van der Waals surface area contributed by atoms with Crippen LogP contribution in [0.25, 0.3) is 0 Å². The van der Waals surface area contributed by atoms with Crippen LogP contribution in [-0.4, -0.2) is 47.6 Å². The molecule has 0 amide bonds. The molecule has 1 aromatic heterocycles. The fraction of sp³-hybridized carbons (Fsp3) is 0.700. The van der Waals surface area contributed by atoms with Crippen molar-refractivity contribution in [1.82, 2.24) is 14.9 Å². The van der Waals surface area contributed by atoms with E-state index in [-0.39, 0.29) is 0 Å². The number of nitrogens with two attached hydrogens (primary N) is 1. The van der Waals surface area contributed by atoms with Gasteiger partial charge in [0.1, 0.15) is 11.6 Å². The summed E-state index contributed by atoms with van der Waals surface area (Å²) in [6.45, 7) is 9.49. The minimum absolute atomic E-state index is 0.692. The van der Waals surface area contributed by atoms with Gasteiger partial charge in [-0.05, 0) is 13.5 Å². The quantitative estimate of drug-likeness (QED) is 0.742. The summed E-state index contributed by atoms with van der Waals surface area (Å²) in [6, 6.07) is 0. The molecule has 1 aliphatic rings. The van der Waals surface area contributed by atoms with E-state index in [0.717, 1.165) is 44.4 Å². The molecule has 1 aromatic rings. The van der Waals surface area contributed by atoms with Crippen molar-refractivity contribution in [1.29, 1.82) is 0 Å². The number of anilines is 2. The molecule has 2 heterocycles. The lowest BCUT2D eigenvalue weighted by Crippen LogP contribution is -2.46. The van der Waals surface area contributed by atoms with Crippen LogP contribution in [0.3, 0.4) is 0 Å². The van der Waals surface area contributed by atoms with E-state index in [2.05, 4.69) is 26.7 Å². The van der Waals surface area contributed by atoms with E-state index in [9.17, 15) is 0 Å². The van der Waals surface area contributed by atoms with Crippen molar-refractivity contribution < 1.29 is 0 Å². The van der Waals surface area contributed by atoms with Crippen molar-refractivity contribution in [3.05, 3.63) is 5.82 Å². The molecule has 0 aromatic carbocycles. The van der Waals surface area contributed by atoms with Gasteiger partial charge in [-0.15, -0.1) is 0 Å². The minimum atomic E-state index is 0.692. The number of hydrogen-bond donors (Lipinski definition) is 2. The molecule has 0 spiro atoms. The fourth-order valence-electron chi connectivity index (χ4n) is 2.01. The van der Waals surface area contributed by atoms with Gasteiger partial charge in [0, 0.05) is 26.2 Å². The van der Waals surface area contributed by atoms with Crippen LogP contribution in [0.5, 0.6) is 0 Å². The number of hydrogen-bond acceptors (Lipinski definition) is 4. The molecule has 3 N–H and O–H groups in total. The van der Waals surface area contributed by atoms with Gasteiger partial charge < -0.3 is 20.5 Å². The van der Waals surface area contributed by atoms with Gasteiger partial charge in [-0.1, -0.05) is 6.92 Å². The number of H-pyrrole nitrogens is 1. The fourth-order valence-corrected chi connectivity index (χ4v) is 2.01. The second-order valence-electron chi connectivity index (χ2n) is 3.98. The molecule has 0 saturated carbocycles. The Morgan fingerprint density at radius 1 is 1.33 bits per heavy atom. The van der Waals surface area contributed by atoms with Gasteiger partial charge >= 0.3 is 0 Å². The molecule has 5 nitrogen and oxygen atoms in total. The molecule has 2 rings (SSSR count). The first-order valence-corrected chi connectivity index (χ1v) is 5.50. The van der Waals surface area contributed by atoms with Crippen LogP contribution in [0.15, 0.2) is 0 Å². The van der Waals surface area contributed by atoms with Gasteiger partial charge in [-0.25, -0.2) is 4.98 Å². The number of likely N-dealkylation sites (N-methyl/N-ethyl adjacent to an activating group) is 1. The lowest BCUT2D eigenvalue weighted by molar-refractivity contribution is 0.270. The molecule has 84 valence electrons. The Bertz CT molecular complexity index is 325. The molecule has 0 atom stereocenters. The topological polar surface area (TPSA) is 61.2 Å². The summed E-state index contributed by atoms with van der Waals surface area (Å²) in [5, 5.41) is 0. The van der Waals surface area contributed by atoms with Crippen LogP contribution in [0, 0.1) is 6.92 Å². The molecule has 15 heavy (non-hydrogen) atoms. The number of piperazine rings is 1. The zero-order valence-corrected chi connectivity index (χ0v) is 9.45. The van der Waals surface area contributed by atoms with Gasteiger partial charge in [0.05, 0.1) is 0 Å². The number of aryl methyl sites for hydroxylation is 1. The molecule has 0 radical (unpaired) electrons. The Kier molecular flexibility index (Phi) is 2.81. The molecule has 5 heteroatoms. The van der Waals surface area contributed by atoms with E-state index in [4.69, 9.17) is 5.73 Å². The lowest BCUT2D eigenvalue weighted by Gasteiger charge is -2.34. The number of aromatic amines is 1.